The Bertz CT molecular complexity index is 362. The molecule has 3 nitrogen and oxygen atoms in total. The van der Waals surface area contributed by atoms with E-state index in [1.165, 1.54) is 11.5 Å². The number of thioether (sulfide) groups is 2. The zero-order chi connectivity index (χ0) is 11.5. The Labute approximate surface area is 105 Å². The molecule has 5 heteroatoms. The fourth-order valence-electron chi connectivity index (χ4n) is 1.58. The molecule has 1 aromatic heterocycles. The molecule has 1 atom stereocenters. The predicted molar refractivity (Wildman–Crippen MR) is 73.1 cm³/mol. The summed E-state index contributed by atoms with van der Waals surface area (Å²) < 4.78 is 0. The lowest BCUT2D eigenvalue weighted by molar-refractivity contribution is 0.786. The summed E-state index contributed by atoms with van der Waals surface area (Å²) in [6, 6.07) is 1.88. The maximum absolute atomic E-state index is 5.84. The van der Waals surface area contributed by atoms with Crippen LogP contribution in [0.5, 0.6) is 0 Å². The molecule has 88 valence electrons. The molecular weight excluding hydrogens is 238 g/mol. The molecule has 0 aliphatic carbocycles. The van der Waals surface area contributed by atoms with Crippen molar-refractivity contribution in [2.75, 3.05) is 23.0 Å². The third-order valence-electron chi connectivity index (χ3n) is 2.48. The minimum atomic E-state index is 0.408. The van der Waals surface area contributed by atoms with Gasteiger partial charge in [0.15, 0.2) is 0 Å². The zero-order valence-corrected chi connectivity index (χ0v) is 11.3. The van der Waals surface area contributed by atoms with Gasteiger partial charge in [0.1, 0.15) is 11.6 Å². The summed E-state index contributed by atoms with van der Waals surface area (Å²) in [4.78, 5) is 9.00. The smallest absolute Gasteiger partial charge is 0.144 e. The van der Waals surface area contributed by atoms with Gasteiger partial charge in [0.2, 0.25) is 0 Å². The van der Waals surface area contributed by atoms with E-state index < -0.39 is 0 Å². The molecule has 1 unspecified atom stereocenters. The van der Waals surface area contributed by atoms with Crippen LogP contribution in [0.1, 0.15) is 36.5 Å². The highest BCUT2D eigenvalue weighted by Gasteiger charge is 2.20. The molecule has 1 fully saturated rings. The van der Waals surface area contributed by atoms with E-state index in [2.05, 4.69) is 23.8 Å². The van der Waals surface area contributed by atoms with Gasteiger partial charge in [0.25, 0.3) is 0 Å². The van der Waals surface area contributed by atoms with E-state index in [1.807, 2.05) is 29.6 Å². The number of nitrogens with two attached hydrogens (primary N) is 1. The summed E-state index contributed by atoms with van der Waals surface area (Å²) in [5, 5.41) is 0.416. The van der Waals surface area contributed by atoms with Gasteiger partial charge in [-0.15, -0.1) is 11.8 Å². The van der Waals surface area contributed by atoms with Gasteiger partial charge in [0.05, 0.1) is 5.25 Å². The number of hydrogen-bond donors (Lipinski definition) is 1. The Morgan fingerprint density at radius 2 is 2.19 bits per heavy atom. The van der Waals surface area contributed by atoms with E-state index >= 15 is 0 Å². The van der Waals surface area contributed by atoms with Crippen molar-refractivity contribution in [2.24, 2.45) is 0 Å². The largest absolute Gasteiger partial charge is 0.384 e. The van der Waals surface area contributed by atoms with Crippen molar-refractivity contribution in [3.8, 4) is 0 Å². The number of hydrogen-bond acceptors (Lipinski definition) is 5. The fourth-order valence-corrected chi connectivity index (χ4v) is 4.18. The highest BCUT2D eigenvalue weighted by Crippen LogP contribution is 2.35. The maximum Gasteiger partial charge on any atom is 0.144 e. The number of nitrogen functional groups attached to an aromatic ring is 1. The Morgan fingerprint density at radius 3 is 2.81 bits per heavy atom. The van der Waals surface area contributed by atoms with Crippen molar-refractivity contribution in [3.05, 3.63) is 17.6 Å². The highest BCUT2D eigenvalue weighted by molar-refractivity contribution is 8.06. The molecule has 2 heterocycles. The zero-order valence-electron chi connectivity index (χ0n) is 9.64. The van der Waals surface area contributed by atoms with Crippen molar-refractivity contribution in [2.45, 2.75) is 25.0 Å². The molecule has 2 rings (SSSR count). The first-order valence-electron chi connectivity index (χ1n) is 5.50. The van der Waals surface area contributed by atoms with Crippen LogP contribution in [0, 0.1) is 0 Å². The first kappa shape index (κ1) is 12.0. The Hall–Kier alpha value is -0.420. The van der Waals surface area contributed by atoms with Crippen molar-refractivity contribution >= 4 is 29.3 Å². The lowest BCUT2D eigenvalue weighted by Crippen LogP contribution is -2.13. The lowest BCUT2D eigenvalue weighted by Gasteiger charge is -2.20. The van der Waals surface area contributed by atoms with Crippen molar-refractivity contribution in [1.82, 2.24) is 9.97 Å². The second kappa shape index (κ2) is 5.27. The molecule has 0 amide bonds. The van der Waals surface area contributed by atoms with Crippen LogP contribution in [0.15, 0.2) is 6.07 Å². The van der Waals surface area contributed by atoms with Gasteiger partial charge in [-0.1, -0.05) is 13.8 Å². The maximum atomic E-state index is 5.84. The quantitative estimate of drug-likeness (QED) is 0.880. The van der Waals surface area contributed by atoms with Crippen LogP contribution in [-0.2, 0) is 0 Å². The van der Waals surface area contributed by atoms with Crippen molar-refractivity contribution < 1.29 is 0 Å². The monoisotopic (exact) mass is 255 g/mol. The van der Waals surface area contributed by atoms with Crippen LogP contribution in [0.25, 0.3) is 0 Å². The van der Waals surface area contributed by atoms with Gasteiger partial charge in [-0.05, 0) is 5.92 Å². The Balaban J connectivity index is 2.25. The van der Waals surface area contributed by atoms with Crippen LogP contribution in [-0.4, -0.2) is 27.2 Å². The van der Waals surface area contributed by atoms with Gasteiger partial charge in [-0.2, -0.15) is 11.8 Å². The van der Waals surface area contributed by atoms with E-state index in [-0.39, 0.29) is 0 Å². The van der Waals surface area contributed by atoms with Gasteiger partial charge in [0, 0.05) is 29.0 Å². The van der Waals surface area contributed by atoms with E-state index in [4.69, 9.17) is 5.73 Å². The van der Waals surface area contributed by atoms with Crippen LogP contribution < -0.4 is 5.73 Å². The predicted octanol–water partition coefficient (Wildman–Crippen LogP) is 2.70. The third-order valence-corrected chi connectivity index (χ3v) is 5.23. The summed E-state index contributed by atoms with van der Waals surface area (Å²) in [5.41, 5.74) is 6.89. The first-order valence-corrected chi connectivity index (χ1v) is 7.71. The Kier molecular flexibility index (Phi) is 3.97. The van der Waals surface area contributed by atoms with E-state index in [9.17, 15) is 0 Å². The van der Waals surface area contributed by atoms with Crippen LogP contribution in [0.2, 0.25) is 0 Å². The normalized spacial score (nSPS) is 21.3. The SMILES string of the molecule is CC(C)c1cc(N)nc(C2CSCCS2)n1. The van der Waals surface area contributed by atoms with Gasteiger partial charge >= 0.3 is 0 Å². The minimum Gasteiger partial charge on any atom is -0.384 e. The molecule has 0 saturated carbocycles. The number of aromatic nitrogens is 2. The number of rotatable bonds is 2. The summed E-state index contributed by atoms with van der Waals surface area (Å²) in [6.07, 6.45) is 0. The fraction of sp³-hybridized carbons (Fsp3) is 0.636. The molecular formula is C11H17N3S2. The van der Waals surface area contributed by atoms with Crippen LogP contribution in [0.4, 0.5) is 5.82 Å². The molecule has 0 bridgehead atoms. The summed E-state index contributed by atoms with van der Waals surface area (Å²) in [5.74, 6) is 5.45. The summed E-state index contributed by atoms with van der Waals surface area (Å²) >= 11 is 3.92. The second-order valence-corrected chi connectivity index (χ2v) is 6.63. The minimum absolute atomic E-state index is 0.408. The van der Waals surface area contributed by atoms with E-state index in [1.54, 1.807) is 0 Å². The number of nitrogens with zero attached hydrogens (tertiary/aromatic N) is 2. The van der Waals surface area contributed by atoms with E-state index in [0.29, 0.717) is 17.0 Å². The molecule has 0 spiro atoms. The molecule has 16 heavy (non-hydrogen) atoms. The van der Waals surface area contributed by atoms with Crippen LogP contribution >= 0.6 is 23.5 Å². The number of anilines is 1. The molecule has 1 aromatic rings. The van der Waals surface area contributed by atoms with Crippen LogP contribution in [0.3, 0.4) is 0 Å². The Morgan fingerprint density at radius 1 is 1.38 bits per heavy atom. The third kappa shape index (κ3) is 2.83. The highest BCUT2D eigenvalue weighted by atomic mass is 32.2. The molecule has 2 N–H and O–H groups in total. The van der Waals surface area contributed by atoms with Crippen molar-refractivity contribution in [3.63, 3.8) is 0 Å². The van der Waals surface area contributed by atoms with E-state index in [0.717, 1.165) is 17.3 Å². The summed E-state index contributed by atoms with van der Waals surface area (Å²) in [7, 11) is 0. The lowest BCUT2D eigenvalue weighted by atomic mass is 10.1. The van der Waals surface area contributed by atoms with Crippen molar-refractivity contribution in [1.29, 1.82) is 0 Å². The standard InChI is InChI=1S/C11H17N3S2/c1-7(2)8-5-10(12)14-11(13-8)9-6-15-3-4-16-9/h5,7,9H,3-4,6H2,1-2H3,(H2,12,13,14). The van der Waals surface area contributed by atoms with Gasteiger partial charge in [-0.25, -0.2) is 9.97 Å². The summed E-state index contributed by atoms with van der Waals surface area (Å²) in [6.45, 7) is 4.27. The molecule has 0 radical (unpaired) electrons. The first-order chi connectivity index (χ1) is 7.66. The molecule has 1 aliphatic rings. The molecule has 0 aromatic carbocycles. The van der Waals surface area contributed by atoms with Gasteiger partial charge < -0.3 is 5.73 Å². The van der Waals surface area contributed by atoms with Gasteiger partial charge in [-0.3, -0.25) is 0 Å². The molecule has 1 saturated heterocycles. The second-order valence-electron chi connectivity index (χ2n) is 4.16. The average Bonchev–Trinajstić information content (AvgIpc) is 2.29. The average molecular weight is 255 g/mol. The molecule has 1 aliphatic heterocycles. The topological polar surface area (TPSA) is 51.8 Å².